The molecule has 110 valence electrons. The summed E-state index contributed by atoms with van der Waals surface area (Å²) in [6.07, 6.45) is 5.29. The number of nitrogens with zero attached hydrogens (tertiary/aromatic N) is 1. The molecule has 0 radical (unpaired) electrons. The van der Waals surface area contributed by atoms with E-state index >= 15 is 0 Å². The van der Waals surface area contributed by atoms with Crippen LogP contribution < -0.4 is 5.32 Å². The fourth-order valence-electron chi connectivity index (χ4n) is 2.81. The van der Waals surface area contributed by atoms with E-state index in [4.69, 9.17) is 9.84 Å². The summed E-state index contributed by atoms with van der Waals surface area (Å²) in [5.74, 6) is 0.140. The van der Waals surface area contributed by atoms with Crippen molar-refractivity contribution in [2.45, 2.75) is 57.3 Å². The van der Waals surface area contributed by atoms with Gasteiger partial charge in [0.2, 0.25) is 5.91 Å². The molecule has 2 fully saturated rings. The van der Waals surface area contributed by atoms with Crippen LogP contribution in [0.3, 0.4) is 0 Å². The molecule has 1 saturated heterocycles. The number of aliphatic hydroxyl groups excluding tert-OH is 1. The zero-order valence-electron chi connectivity index (χ0n) is 11.8. The third-order valence-electron chi connectivity index (χ3n) is 4.12. The molecule has 2 rings (SSSR count). The van der Waals surface area contributed by atoms with E-state index in [0.29, 0.717) is 24.7 Å². The number of likely N-dealkylation sites (tertiary alicyclic amines) is 1. The smallest absolute Gasteiger partial charge is 0.219 e. The number of aliphatic hydroxyl groups is 1. The number of hydrogen-bond donors (Lipinski definition) is 2. The van der Waals surface area contributed by atoms with Crippen LogP contribution in [0.25, 0.3) is 0 Å². The second-order valence-corrected chi connectivity index (χ2v) is 5.61. The van der Waals surface area contributed by atoms with Crippen molar-refractivity contribution in [2.24, 2.45) is 0 Å². The molecular weight excluding hydrogens is 244 g/mol. The molecule has 0 aromatic carbocycles. The van der Waals surface area contributed by atoms with Crippen LogP contribution in [0.15, 0.2) is 0 Å². The molecule has 0 aromatic rings. The maximum absolute atomic E-state index is 11.2. The van der Waals surface area contributed by atoms with Gasteiger partial charge in [0.15, 0.2) is 0 Å². The predicted molar refractivity (Wildman–Crippen MR) is 72.9 cm³/mol. The molecule has 1 heterocycles. The van der Waals surface area contributed by atoms with Crippen LogP contribution in [0, 0.1) is 0 Å². The monoisotopic (exact) mass is 270 g/mol. The number of carbonyl (C=O) groups excluding carboxylic acids is 1. The van der Waals surface area contributed by atoms with Gasteiger partial charge in [-0.05, 0) is 25.7 Å². The first-order valence-electron chi connectivity index (χ1n) is 7.49. The first-order valence-corrected chi connectivity index (χ1v) is 7.49. The van der Waals surface area contributed by atoms with Crippen LogP contribution in [-0.2, 0) is 9.53 Å². The number of nitrogens with one attached hydrogen (secondary N) is 1. The third-order valence-corrected chi connectivity index (χ3v) is 4.12. The summed E-state index contributed by atoms with van der Waals surface area (Å²) in [4.78, 5) is 13.5. The van der Waals surface area contributed by atoms with Gasteiger partial charge in [-0.2, -0.15) is 0 Å². The second-order valence-electron chi connectivity index (χ2n) is 5.61. The van der Waals surface area contributed by atoms with Crippen molar-refractivity contribution in [3.8, 4) is 0 Å². The second kappa shape index (κ2) is 7.22. The van der Waals surface area contributed by atoms with Gasteiger partial charge in [-0.15, -0.1) is 0 Å². The summed E-state index contributed by atoms with van der Waals surface area (Å²) in [5, 5.41) is 11.9. The Hall–Kier alpha value is -0.650. The minimum absolute atomic E-state index is 0.140. The Labute approximate surface area is 115 Å². The van der Waals surface area contributed by atoms with Crippen molar-refractivity contribution in [3.05, 3.63) is 0 Å². The highest BCUT2D eigenvalue weighted by atomic mass is 16.5. The van der Waals surface area contributed by atoms with Gasteiger partial charge >= 0.3 is 0 Å². The Morgan fingerprint density at radius 2 is 2.00 bits per heavy atom. The van der Waals surface area contributed by atoms with E-state index in [9.17, 15) is 4.79 Å². The number of amides is 1. The molecule has 1 amide bonds. The maximum atomic E-state index is 11.2. The molecule has 1 aliphatic heterocycles. The van der Waals surface area contributed by atoms with Crippen LogP contribution in [-0.4, -0.2) is 60.4 Å². The quantitative estimate of drug-likeness (QED) is 0.738. The SMILES string of the molecule is CCC(=O)N[C@H]1C[C@H](OC2CCN(CCO)CC2)C1. The fourth-order valence-corrected chi connectivity index (χ4v) is 2.81. The molecule has 0 unspecified atom stereocenters. The maximum Gasteiger partial charge on any atom is 0.219 e. The number of carbonyl (C=O) groups is 1. The molecule has 2 aliphatic rings. The van der Waals surface area contributed by atoms with Crippen molar-refractivity contribution < 1.29 is 14.6 Å². The highest BCUT2D eigenvalue weighted by Crippen LogP contribution is 2.27. The summed E-state index contributed by atoms with van der Waals surface area (Å²) >= 11 is 0. The van der Waals surface area contributed by atoms with Gasteiger partial charge in [-0.3, -0.25) is 4.79 Å². The molecule has 0 spiro atoms. The van der Waals surface area contributed by atoms with Crippen molar-refractivity contribution in [3.63, 3.8) is 0 Å². The predicted octanol–water partition coefficient (Wildman–Crippen LogP) is 0.517. The molecule has 5 nitrogen and oxygen atoms in total. The Morgan fingerprint density at radius 1 is 1.32 bits per heavy atom. The van der Waals surface area contributed by atoms with Crippen molar-refractivity contribution in [2.75, 3.05) is 26.2 Å². The van der Waals surface area contributed by atoms with E-state index in [1.807, 2.05) is 6.92 Å². The Bertz CT molecular complexity index is 284. The number of piperidine rings is 1. The van der Waals surface area contributed by atoms with Crippen molar-refractivity contribution >= 4 is 5.91 Å². The normalized spacial score (nSPS) is 28.9. The Kier molecular flexibility index (Phi) is 5.60. The van der Waals surface area contributed by atoms with Crippen LogP contribution in [0.4, 0.5) is 0 Å². The average Bonchev–Trinajstić information content (AvgIpc) is 2.38. The lowest BCUT2D eigenvalue weighted by Crippen LogP contribution is -2.49. The van der Waals surface area contributed by atoms with Gasteiger partial charge in [0.05, 0.1) is 18.8 Å². The minimum atomic E-state index is 0.140. The largest absolute Gasteiger partial charge is 0.395 e. The summed E-state index contributed by atoms with van der Waals surface area (Å²) in [6, 6.07) is 0.326. The first-order chi connectivity index (χ1) is 9.21. The van der Waals surface area contributed by atoms with Crippen LogP contribution in [0.5, 0.6) is 0 Å². The average molecular weight is 270 g/mol. The Morgan fingerprint density at radius 3 is 2.58 bits per heavy atom. The molecule has 0 atom stereocenters. The summed E-state index contributed by atoms with van der Waals surface area (Å²) in [5.41, 5.74) is 0. The highest BCUT2D eigenvalue weighted by Gasteiger charge is 2.33. The number of ether oxygens (including phenoxy) is 1. The number of rotatable bonds is 6. The Balaban J connectivity index is 1.57. The van der Waals surface area contributed by atoms with Crippen molar-refractivity contribution in [1.82, 2.24) is 10.2 Å². The van der Waals surface area contributed by atoms with Crippen LogP contribution in [0.1, 0.15) is 39.0 Å². The summed E-state index contributed by atoms with van der Waals surface area (Å²) < 4.78 is 6.06. The van der Waals surface area contributed by atoms with Gasteiger partial charge in [0, 0.05) is 32.1 Å². The third kappa shape index (κ3) is 4.44. The topological polar surface area (TPSA) is 61.8 Å². The molecule has 0 aromatic heterocycles. The van der Waals surface area contributed by atoms with E-state index < -0.39 is 0 Å². The highest BCUT2D eigenvalue weighted by molar-refractivity contribution is 5.75. The molecule has 19 heavy (non-hydrogen) atoms. The number of β-amino-alcohol motifs (C(OH)–C–C–N with tert-alkyl or cyclic N) is 1. The van der Waals surface area contributed by atoms with Gasteiger partial charge < -0.3 is 20.1 Å². The van der Waals surface area contributed by atoms with E-state index in [2.05, 4.69) is 10.2 Å². The number of hydrogen-bond acceptors (Lipinski definition) is 4. The van der Waals surface area contributed by atoms with E-state index in [1.165, 1.54) is 0 Å². The molecule has 1 saturated carbocycles. The molecular formula is C14H26N2O3. The van der Waals surface area contributed by atoms with Gasteiger partial charge in [-0.1, -0.05) is 6.92 Å². The fraction of sp³-hybridized carbons (Fsp3) is 0.929. The lowest BCUT2D eigenvalue weighted by atomic mass is 9.88. The molecule has 5 heteroatoms. The van der Waals surface area contributed by atoms with Gasteiger partial charge in [-0.25, -0.2) is 0 Å². The molecule has 1 aliphatic carbocycles. The molecule has 2 N–H and O–H groups in total. The van der Waals surface area contributed by atoms with Crippen LogP contribution in [0.2, 0.25) is 0 Å². The van der Waals surface area contributed by atoms with Gasteiger partial charge in [0.1, 0.15) is 0 Å². The first kappa shape index (κ1) is 14.8. The van der Waals surface area contributed by atoms with E-state index in [-0.39, 0.29) is 12.5 Å². The van der Waals surface area contributed by atoms with Crippen molar-refractivity contribution in [1.29, 1.82) is 0 Å². The zero-order valence-corrected chi connectivity index (χ0v) is 11.8. The van der Waals surface area contributed by atoms with Gasteiger partial charge in [0.25, 0.3) is 0 Å². The zero-order chi connectivity index (χ0) is 13.7. The van der Waals surface area contributed by atoms with E-state index in [0.717, 1.165) is 45.3 Å². The minimum Gasteiger partial charge on any atom is -0.395 e. The standard InChI is InChI=1S/C14H26N2O3/c1-2-14(18)15-11-9-13(10-11)19-12-3-5-16(6-4-12)7-8-17/h11-13,17H,2-10H2,1H3,(H,15,18)/t11-,13-. The lowest BCUT2D eigenvalue weighted by molar-refractivity contribution is -0.125. The summed E-state index contributed by atoms with van der Waals surface area (Å²) in [6.45, 7) is 4.94. The molecule has 0 bridgehead atoms. The lowest BCUT2D eigenvalue weighted by Gasteiger charge is -2.40. The van der Waals surface area contributed by atoms with E-state index in [1.54, 1.807) is 0 Å². The van der Waals surface area contributed by atoms with Crippen LogP contribution >= 0.6 is 0 Å². The summed E-state index contributed by atoms with van der Waals surface area (Å²) in [7, 11) is 0.